The molecular formula is C28H20ClFN2O4S. The topological polar surface area (TPSA) is 95.5 Å². The third-order valence-electron chi connectivity index (χ3n) is 5.28. The molecule has 0 saturated heterocycles. The molecule has 3 N–H and O–H groups in total. The number of hydrogen-bond donors (Lipinski definition) is 3. The number of aromatic carboxylic acids is 1. The van der Waals surface area contributed by atoms with Crippen molar-refractivity contribution in [3.63, 3.8) is 0 Å². The van der Waals surface area contributed by atoms with Crippen LogP contribution in [0.4, 0.5) is 15.8 Å². The average molecular weight is 535 g/mol. The van der Waals surface area contributed by atoms with Crippen LogP contribution in [0, 0.1) is 5.82 Å². The summed E-state index contributed by atoms with van der Waals surface area (Å²) in [5.74, 6) is -2.31. The number of anilines is 2. The molecule has 6 nitrogen and oxygen atoms in total. The second-order valence-electron chi connectivity index (χ2n) is 7.88. The molecule has 0 spiro atoms. The third kappa shape index (κ3) is 6.75. The zero-order valence-corrected chi connectivity index (χ0v) is 20.7. The Hall–Kier alpha value is -4.14. The molecule has 1 unspecified atom stereocenters. The summed E-state index contributed by atoms with van der Waals surface area (Å²) in [5.41, 5.74) is 1.81. The van der Waals surface area contributed by atoms with E-state index in [-0.39, 0.29) is 28.1 Å². The Kier molecular flexibility index (Phi) is 8.22. The van der Waals surface area contributed by atoms with Crippen molar-refractivity contribution in [1.29, 1.82) is 0 Å². The first kappa shape index (κ1) is 25.9. The van der Waals surface area contributed by atoms with Crippen molar-refractivity contribution in [1.82, 2.24) is 0 Å². The minimum absolute atomic E-state index is 0.00175. The lowest BCUT2D eigenvalue weighted by Gasteiger charge is -2.18. The van der Waals surface area contributed by atoms with Crippen molar-refractivity contribution < 1.29 is 23.9 Å². The Morgan fingerprint density at radius 2 is 1.46 bits per heavy atom. The van der Waals surface area contributed by atoms with E-state index in [1.165, 1.54) is 54.2 Å². The van der Waals surface area contributed by atoms with Crippen molar-refractivity contribution in [2.75, 3.05) is 10.6 Å². The van der Waals surface area contributed by atoms with Gasteiger partial charge in [0.25, 0.3) is 5.91 Å². The number of carboxylic acid groups (broad SMARTS) is 1. The highest BCUT2D eigenvalue weighted by Gasteiger charge is 2.23. The number of thioether (sulfide) groups is 1. The van der Waals surface area contributed by atoms with Gasteiger partial charge in [-0.3, -0.25) is 9.59 Å². The first-order valence-corrected chi connectivity index (χ1v) is 12.3. The summed E-state index contributed by atoms with van der Waals surface area (Å²) in [6.07, 6.45) is 0. The SMILES string of the molecule is O=C(O)c1ccc(Cl)c(NC(=O)C(Sc2ccc(NC(=O)c3ccc(F)cc3)cc2)c2ccccc2)c1. The van der Waals surface area contributed by atoms with Gasteiger partial charge in [0.15, 0.2) is 0 Å². The van der Waals surface area contributed by atoms with Gasteiger partial charge < -0.3 is 15.7 Å². The van der Waals surface area contributed by atoms with E-state index in [2.05, 4.69) is 10.6 Å². The largest absolute Gasteiger partial charge is 0.478 e. The molecule has 0 aliphatic carbocycles. The molecule has 0 aliphatic rings. The van der Waals surface area contributed by atoms with Crippen molar-refractivity contribution in [3.8, 4) is 0 Å². The van der Waals surface area contributed by atoms with Crippen molar-refractivity contribution in [3.05, 3.63) is 125 Å². The summed E-state index contributed by atoms with van der Waals surface area (Å²) in [6.45, 7) is 0. The Morgan fingerprint density at radius 1 is 0.811 bits per heavy atom. The van der Waals surface area contributed by atoms with Gasteiger partial charge in [-0.05, 0) is 72.3 Å². The highest BCUT2D eigenvalue weighted by atomic mass is 35.5. The Balaban J connectivity index is 1.51. The lowest BCUT2D eigenvalue weighted by molar-refractivity contribution is -0.115. The number of amides is 2. The van der Waals surface area contributed by atoms with Gasteiger partial charge in [0.1, 0.15) is 11.1 Å². The molecule has 0 bridgehead atoms. The van der Waals surface area contributed by atoms with Crippen LogP contribution < -0.4 is 10.6 Å². The highest BCUT2D eigenvalue weighted by Crippen LogP contribution is 2.37. The monoisotopic (exact) mass is 534 g/mol. The summed E-state index contributed by atoms with van der Waals surface area (Å²) < 4.78 is 13.1. The summed E-state index contributed by atoms with van der Waals surface area (Å²) in [6, 6.07) is 25.4. The number of benzene rings is 4. The van der Waals surface area contributed by atoms with Gasteiger partial charge in [-0.2, -0.15) is 0 Å². The van der Waals surface area contributed by atoms with Crippen LogP contribution in [0.25, 0.3) is 0 Å². The van der Waals surface area contributed by atoms with Crippen LogP contribution >= 0.6 is 23.4 Å². The lowest BCUT2D eigenvalue weighted by atomic mass is 10.1. The normalized spacial score (nSPS) is 11.4. The molecule has 2 amide bonds. The Morgan fingerprint density at radius 3 is 2.11 bits per heavy atom. The second kappa shape index (κ2) is 11.7. The van der Waals surface area contributed by atoms with Gasteiger partial charge in [-0.15, -0.1) is 11.8 Å². The van der Waals surface area contributed by atoms with Gasteiger partial charge in [-0.1, -0.05) is 41.9 Å². The lowest BCUT2D eigenvalue weighted by Crippen LogP contribution is -2.19. The van der Waals surface area contributed by atoms with Crippen LogP contribution in [0.1, 0.15) is 31.5 Å². The summed E-state index contributed by atoms with van der Waals surface area (Å²) in [5, 5.41) is 14.3. The molecule has 186 valence electrons. The van der Waals surface area contributed by atoms with Crippen molar-refractivity contribution in [2.45, 2.75) is 10.1 Å². The van der Waals surface area contributed by atoms with E-state index in [1.54, 1.807) is 24.3 Å². The van der Waals surface area contributed by atoms with E-state index in [1.807, 2.05) is 30.3 Å². The molecule has 4 aromatic carbocycles. The minimum atomic E-state index is -1.13. The maximum absolute atomic E-state index is 13.3. The summed E-state index contributed by atoms with van der Waals surface area (Å²) >= 11 is 7.48. The molecule has 4 rings (SSSR count). The maximum Gasteiger partial charge on any atom is 0.335 e. The number of carbonyl (C=O) groups excluding carboxylic acids is 2. The highest BCUT2D eigenvalue weighted by molar-refractivity contribution is 8.00. The second-order valence-corrected chi connectivity index (χ2v) is 9.47. The zero-order valence-electron chi connectivity index (χ0n) is 19.2. The fourth-order valence-corrected chi connectivity index (χ4v) is 4.60. The third-order valence-corrected chi connectivity index (χ3v) is 6.88. The van der Waals surface area contributed by atoms with E-state index in [9.17, 15) is 23.9 Å². The van der Waals surface area contributed by atoms with E-state index in [0.717, 1.165) is 10.5 Å². The number of hydrogen-bond acceptors (Lipinski definition) is 4. The van der Waals surface area contributed by atoms with Crippen LogP contribution in [0.5, 0.6) is 0 Å². The van der Waals surface area contributed by atoms with E-state index < -0.39 is 17.0 Å². The Bertz CT molecular complexity index is 1430. The van der Waals surface area contributed by atoms with E-state index >= 15 is 0 Å². The fourth-order valence-electron chi connectivity index (χ4n) is 3.41. The molecule has 0 radical (unpaired) electrons. The molecular weight excluding hydrogens is 515 g/mol. The zero-order chi connectivity index (χ0) is 26.4. The summed E-state index contributed by atoms with van der Waals surface area (Å²) in [4.78, 5) is 37.8. The summed E-state index contributed by atoms with van der Waals surface area (Å²) in [7, 11) is 0. The molecule has 37 heavy (non-hydrogen) atoms. The maximum atomic E-state index is 13.3. The van der Waals surface area contributed by atoms with Crippen molar-refractivity contribution >= 4 is 52.5 Å². The molecule has 1 atom stereocenters. The minimum Gasteiger partial charge on any atom is -0.478 e. The smallest absolute Gasteiger partial charge is 0.335 e. The van der Waals surface area contributed by atoms with Crippen LogP contribution in [0.2, 0.25) is 5.02 Å². The molecule has 0 aliphatic heterocycles. The van der Waals surface area contributed by atoms with Gasteiger partial charge >= 0.3 is 5.97 Å². The van der Waals surface area contributed by atoms with Gasteiger partial charge in [-0.25, -0.2) is 9.18 Å². The van der Waals surface area contributed by atoms with Gasteiger partial charge in [0.05, 0.1) is 16.3 Å². The molecule has 0 aromatic heterocycles. The predicted octanol–water partition coefficient (Wildman–Crippen LogP) is 6.90. The van der Waals surface area contributed by atoms with Crippen LogP contribution in [0.3, 0.4) is 0 Å². The number of carboxylic acids is 1. The number of nitrogens with one attached hydrogen (secondary N) is 2. The molecule has 0 fully saturated rings. The first-order valence-electron chi connectivity index (χ1n) is 11.0. The standard InChI is InChI=1S/C28H20ClFN2O4S/c29-23-15-8-19(28(35)36)16-24(23)32-27(34)25(17-4-2-1-3-5-17)37-22-13-11-21(12-14-22)31-26(33)18-6-9-20(30)10-7-18/h1-16,25H,(H,31,33)(H,32,34)(H,35,36). The quantitative estimate of drug-likeness (QED) is 0.214. The first-order chi connectivity index (χ1) is 17.8. The van der Waals surface area contributed by atoms with E-state index in [0.29, 0.717) is 11.3 Å². The fraction of sp³-hybridized carbons (Fsp3) is 0.0357. The van der Waals surface area contributed by atoms with Gasteiger partial charge in [0.2, 0.25) is 5.91 Å². The number of halogens is 2. The number of rotatable bonds is 8. The van der Waals surface area contributed by atoms with Crippen LogP contribution in [0.15, 0.2) is 102 Å². The van der Waals surface area contributed by atoms with Crippen molar-refractivity contribution in [2.24, 2.45) is 0 Å². The molecule has 9 heteroatoms. The molecule has 0 saturated carbocycles. The van der Waals surface area contributed by atoms with Gasteiger partial charge in [0, 0.05) is 16.1 Å². The molecule has 0 heterocycles. The van der Waals surface area contributed by atoms with Crippen LogP contribution in [-0.4, -0.2) is 22.9 Å². The predicted molar refractivity (Wildman–Crippen MR) is 143 cm³/mol. The van der Waals surface area contributed by atoms with E-state index in [4.69, 9.17) is 11.6 Å². The van der Waals surface area contributed by atoms with Crippen LogP contribution in [-0.2, 0) is 4.79 Å². The average Bonchev–Trinajstić information content (AvgIpc) is 2.90. The molecule has 4 aromatic rings. The Labute approximate surface area is 221 Å². The number of carbonyl (C=O) groups is 3.